The van der Waals surface area contributed by atoms with Gasteiger partial charge in [-0.3, -0.25) is 14.9 Å². The highest BCUT2D eigenvalue weighted by molar-refractivity contribution is 7.89. The van der Waals surface area contributed by atoms with E-state index in [1.54, 1.807) is 4.90 Å². The fraction of sp³-hybridized carbons (Fsp3) is 0.350. The zero-order valence-electron chi connectivity index (χ0n) is 16.1. The third-order valence-corrected chi connectivity index (χ3v) is 7.08. The van der Waals surface area contributed by atoms with Gasteiger partial charge in [0.1, 0.15) is 0 Å². The van der Waals surface area contributed by atoms with Gasteiger partial charge in [-0.15, -0.1) is 0 Å². The van der Waals surface area contributed by atoms with Gasteiger partial charge in [-0.2, -0.15) is 4.31 Å². The molecule has 2 aromatic rings. The van der Waals surface area contributed by atoms with Crippen LogP contribution < -0.4 is 0 Å². The number of hydrogen-bond donors (Lipinski definition) is 0. The molecule has 1 aliphatic rings. The molecular weight excluding hydrogens is 394 g/mol. The largest absolute Gasteiger partial charge is 0.340 e. The van der Waals surface area contributed by atoms with Crippen LogP contribution in [0.2, 0.25) is 0 Å². The number of rotatable bonds is 6. The molecule has 0 bridgehead atoms. The maximum absolute atomic E-state index is 13.0. The molecule has 0 N–H and O–H groups in total. The molecule has 1 amide bonds. The van der Waals surface area contributed by atoms with Crippen molar-refractivity contribution in [3.05, 3.63) is 70.3 Å². The highest BCUT2D eigenvalue weighted by atomic mass is 32.2. The van der Waals surface area contributed by atoms with Crippen molar-refractivity contribution in [3.8, 4) is 0 Å². The maximum Gasteiger partial charge on any atom is 0.289 e. The maximum atomic E-state index is 13.0. The second-order valence-corrected chi connectivity index (χ2v) is 8.73. The molecule has 3 rings (SSSR count). The third kappa shape index (κ3) is 4.30. The van der Waals surface area contributed by atoms with Gasteiger partial charge in [0.15, 0.2) is 4.90 Å². The van der Waals surface area contributed by atoms with Gasteiger partial charge in [0.05, 0.1) is 10.8 Å². The van der Waals surface area contributed by atoms with E-state index in [9.17, 15) is 23.3 Å². The number of carbonyl (C=O) groups excluding carboxylic acids is 1. The van der Waals surface area contributed by atoms with Crippen LogP contribution in [0.5, 0.6) is 0 Å². The van der Waals surface area contributed by atoms with Crippen molar-refractivity contribution in [1.82, 2.24) is 9.21 Å². The first-order valence-electron chi connectivity index (χ1n) is 9.43. The summed E-state index contributed by atoms with van der Waals surface area (Å²) in [4.78, 5) is 24.8. The van der Waals surface area contributed by atoms with Crippen LogP contribution in [0.25, 0.3) is 0 Å². The lowest BCUT2D eigenvalue weighted by molar-refractivity contribution is -0.387. The fourth-order valence-corrected chi connectivity index (χ4v) is 5.15. The standard InChI is InChI=1S/C20H23N3O5S/c1-2-17(16-8-4-3-5-9-16)20(24)21-12-14-22(15-13-21)29(27,28)19-11-7-6-10-18(19)23(25)26/h3-11,17H,2,12-15H2,1H3. The number of piperazine rings is 1. The van der Waals surface area contributed by atoms with E-state index >= 15 is 0 Å². The second kappa shape index (κ2) is 8.71. The van der Waals surface area contributed by atoms with Crippen LogP contribution in [0.3, 0.4) is 0 Å². The molecule has 1 aliphatic heterocycles. The van der Waals surface area contributed by atoms with Crippen molar-refractivity contribution < 1.29 is 18.1 Å². The molecule has 1 heterocycles. The quantitative estimate of drug-likeness (QED) is 0.531. The molecule has 1 fully saturated rings. The lowest BCUT2D eigenvalue weighted by Crippen LogP contribution is -2.51. The van der Waals surface area contributed by atoms with Crippen LogP contribution in [-0.4, -0.2) is 54.6 Å². The van der Waals surface area contributed by atoms with E-state index in [2.05, 4.69) is 0 Å². The van der Waals surface area contributed by atoms with Crippen molar-refractivity contribution in [2.45, 2.75) is 24.2 Å². The van der Waals surface area contributed by atoms with E-state index in [-0.39, 0.29) is 42.9 Å². The highest BCUT2D eigenvalue weighted by Crippen LogP contribution is 2.28. The molecule has 1 unspecified atom stereocenters. The van der Waals surface area contributed by atoms with Crippen molar-refractivity contribution in [2.24, 2.45) is 0 Å². The number of sulfonamides is 1. The molecule has 8 nitrogen and oxygen atoms in total. The zero-order chi connectivity index (χ0) is 21.0. The van der Waals surface area contributed by atoms with Crippen molar-refractivity contribution >= 4 is 21.6 Å². The van der Waals surface area contributed by atoms with Crippen molar-refractivity contribution in [1.29, 1.82) is 0 Å². The molecule has 0 spiro atoms. The minimum atomic E-state index is -4.01. The smallest absolute Gasteiger partial charge is 0.289 e. The molecule has 2 aromatic carbocycles. The molecule has 29 heavy (non-hydrogen) atoms. The fourth-order valence-electron chi connectivity index (χ4n) is 3.57. The summed E-state index contributed by atoms with van der Waals surface area (Å²) in [6, 6.07) is 14.8. The number of para-hydroxylation sites is 1. The Bertz CT molecular complexity index is 986. The normalized spacial score (nSPS) is 16.4. The first-order valence-corrected chi connectivity index (χ1v) is 10.9. The van der Waals surface area contributed by atoms with Crippen molar-refractivity contribution in [2.75, 3.05) is 26.2 Å². The Morgan fingerprint density at radius 1 is 1.03 bits per heavy atom. The second-order valence-electron chi connectivity index (χ2n) is 6.83. The molecule has 0 radical (unpaired) electrons. The number of nitro benzene ring substituents is 1. The summed E-state index contributed by atoms with van der Waals surface area (Å²) in [6.07, 6.45) is 0.650. The number of nitrogens with zero attached hydrogens (tertiary/aromatic N) is 3. The molecule has 0 aliphatic carbocycles. The van der Waals surface area contributed by atoms with Gasteiger partial charge >= 0.3 is 0 Å². The summed E-state index contributed by atoms with van der Waals surface area (Å²) in [7, 11) is -4.01. The summed E-state index contributed by atoms with van der Waals surface area (Å²) in [5.74, 6) is -0.295. The first-order chi connectivity index (χ1) is 13.9. The van der Waals surface area contributed by atoms with Gasteiger partial charge in [-0.05, 0) is 18.1 Å². The van der Waals surface area contributed by atoms with Crippen LogP contribution in [-0.2, 0) is 14.8 Å². The third-order valence-electron chi connectivity index (χ3n) is 5.14. The SMILES string of the molecule is CCC(C(=O)N1CCN(S(=O)(=O)c2ccccc2[N+](=O)[O-])CC1)c1ccccc1. The number of hydrogen-bond acceptors (Lipinski definition) is 5. The Balaban J connectivity index is 1.73. The average Bonchev–Trinajstić information content (AvgIpc) is 2.75. The van der Waals surface area contributed by atoms with Crippen LogP contribution in [0, 0.1) is 10.1 Å². The van der Waals surface area contributed by atoms with E-state index in [0.29, 0.717) is 6.42 Å². The predicted molar refractivity (Wildman–Crippen MR) is 108 cm³/mol. The summed E-state index contributed by atoms with van der Waals surface area (Å²) < 4.78 is 27.0. The van der Waals surface area contributed by atoms with Gasteiger partial charge < -0.3 is 4.90 Å². The molecule has 1 atom stereocenters. The summed E-state index contributed by atoms with van der Waals surface area (Å²) in [5.41, 5.74) is 0.496. The van der Waals surface area contributed by atoms with Crippen LogP contribution in [0.15, 0.2) is 59.5 Å². The molecular formula is C20H23N3O5S. The van der Waals surface area contributed by atoms with Gasteiger partial charge in [-0.1, -0.05) is 49.4 Å². The van der Waals surface area contributed by atoms with E-state index in [4.69, 9.17) is 0 Å². The Morgan fingerprint density at radius 2 is 1.62 bits per heavy atom. The summed E-state index contributed by atoms with van der Waals surface area (Å²) in [6.45, 7) is 2.66. The van der Waals surface area contributed by atoms with Crippen LogP contribution in [0.1, 0.15) is 24.8 Å². The summed E-state index contributed by atoms with van der Waals surface area (Å²) >= 11 is 0. The summed E-state index contributed by atoms with van der Waals surface area (Å²) in [5, 5.41) is 11.2. The van der Waals surface area contributed by atoms with Gasteiger partial charge in [0.25, 0.3) is 5.69 Å². The molecule has 1 saturated heterocycles. The Morgan fingerprint density at radius 3 is 2.21 bits per heavy atom. The van der Waals surface area contributed by atoms with Crippen LogP contribution >= 0.6 is 0 Å². The van der Waals surface area contributed by atoms with Crippen LogP contribution in [0.4, 0.5) is 5.69 Å². The number of carbonyl (C=O) groups is 1. The highest BCUT2D eigenvalue weighted by Gasteiger charge is 2.35. The lowest BCUT2D eigenvalue weighted by atomic mass is 9.95. The van der Waals surface area contributed by atoms with Gasteiger partial charge in [0, 0.05) is 32.2 Å². The first kappa shape index (κ1) is 20.9. The van der Waals surface area contributed by atoms with E-state index in [0.717, 1.165) is 5.56 Å². The minimum absolute atomic E-state index is 0.0264. The van der Waals surface area contributed by atoms with E-state index in [1.165, 1.54) is 28.6 Å². The number of amides is 1. The van der Waals surface area contributed by atoms with Gasteiger partial charge in [0.2, 0.25) is 15.9 Å². The van der Waals surface area contributed by atoms with Gasteiger partial charge in [-0.25, -0.2) is 8.42 Å². The monoisotopic (exact) mass is 417 g/mol. The van der Waals surface area contributed by atoms with Crippen molar-refractivity contribution in [3.63, 3.8) is 0 Å². The Hall–Kier alpha value is -2.78. The Kier molecular flexibility index (Phi) is 6.29. The molecule has 0 saturated carbocycles. The lowest BCUT2D eigenvalue weighted by Gasteiger charge is -2.35. The van der Waals surface area contributed by atoms with E-state index < -0.39 is 20.6 Å². The molecule has 9 heteroatoms. The predicted octanol–water partition coefficient (Wildman–Crippen LogP) is 2.62. The Labute approximate surface area is 169 Å². The minimum Gasteiger partial charge on any atom is -0.340 e. The molecule has 0 aromatic heterocycles. The van der Waals surface area contributed by atoms with E-state index in [1.807, 2.05) is 37.3 Å². The molecule has 154 valence electrons. The number of nitro groups is 1. The average molecular weight is 417 g/mol. The number of benzene rings is 2. The zero-order valence-corrected chi connectivity index (χ0v) is 16.9. The topological polar surface area (TPSA) is 101 Å².